The quantitative estimate of drug-likeness (QED) is 0.753. The Morgan fingerprint density at radius 3 is 2.43 bits per heavy atom. The van der Waals surface area contributed by atoms with Gasteiger partial charge in [0.25, 0.3) is 0 Å². The van der Waals surface area contributed by atoms with E-state index in [1.807, 2.05) is 56.3 Å². The van der Waals surface area contributed by atoms with Crippen molar-refractivity contribution in [2.24, 2.45) is 0 Å². The summed E-state index contributed by atoms with van der Waals surface area (Å²) in [7, 11) is 1.64. The first-order valence-corrected chi connectivity index (χ1v) is 6.98. The normalized spacial score (nSPS) is 10.2. The molecule has 110 valence electrons. The summed E-state index contributed by atoms with van der Waals surface area (Å²) in [6.45, 7) is 4.25. The molecule has 2 rings (SSSR count). The molecule has 0 aliphatic carbocycles. The van der Waals surface area contributed by atoms with E-state index in [0.717, 1.165) is 28.2 Å². The molecule has 2 aromatic carbocycles. The lowest BCUT2D eigenvalue weighted by atomic mass is 9.99. The van der Waals surface area contributed by atoms with E-state index < -0.39 is 0 Å². The van der Waals surface area contributed by atoms with Crippen LogP contribution >= 0.6 is 0 Å². The van der Waals surface area contributed by atoms with Gasteiger partial charge in [-0.1, -0.05) is 18.2 Å². The molecule has 3 nitrogen and oxygen atoms in total. The molecule has 0 N–H and O–H groups in total. The van der Waals surface area contributed by atoms with E-state index in [9.17, 15) is 4.79 Å². The van der Waals surface area contributed by atoms with Gasteiger partial charge in [0.05, 0.1) is 13.7 Å². The topological polar surface area (TPSA) is 35.5 Å². The van der Waals surface area contributed by atoms with Gasteiger partial charge in [0.2, 0.25) is 0 Å². The van der Waals surface area contributed by atoms with Gasteiger partial charge in [-0.2, -0.15) is 0 Å². The molecule has 0 atom stereocenters. The molecule has 0 saturated carbocycles. The highest BCUT2D eigenvalue weighted by atomic mass is 16.5. The number of ketones is 1. The fourth-order valence-electron chi connectivity index (χ4n) is 2.22. The molecule has 0 aromatic heterocycles. The summed E-state index contributed by atoms with van der Waals surface area (Å²) in [6.07, 6.45) is 0.363. The van der Waals surface area contributed by atoms with Crippen LogP contribution in [0.4, 0.5) is 0 Å². The second kappa shape index (κ2) is 6.93. The van der Waals surface area contributed by atoms with Crippen LogP contribution in [0.1, 0.15) is 27.9 Å². The fourth-order valence-corrected chi connectivity index (χ4v) is 2.22. The molecule has 0 spiro atoms. The Kier molecular flexibility index (Phi) is 4.99. The summed E-state index contributed by atoms with van der Waals surface area (Å²) < 4.78 is 10.8. The molecule has 0 unspecified atom stereocenters. The lowest BCUT2D eigenvalue weighted by molar-refractivity contribution is 0.0961. The van der Waals surface area contributed by atoms with Gasteiger partial charge < -0.3 is 9.47 Å². The first kappa shape index (κ1) is 15.1. The van der Waals surface area contributed by atoms with Gasteiger partial charge in [-0.05, 0) is 49.2 Å². The zero-order valence-corrected chi connectivity index (χ0v) is 12.7. The first-order valence-electron chi connectivity index (χ1n) is 6.98. The molecular formula is C18H20O3. The Balaban J connectivity index is 1.99. The van der Waals surface area contributed by atoms with Gasteiger partial charge in [-0.15, -0.1) is 0 Å². The third-order valence-electron chi connectivity index (χ3n) is 3.38. The van der Waals surface area contributed by atoms with Crippen LogP contribution in [0.3, 0.4) is 0 Å². The number of aryl methyl sites for hydroxylation is 2. The predicted molar refractivity (Wildman–Crippen MR) is 83.4 cm³/mol. The maximum absolute atomic E-state index is 12.3. The monoisotopic (exact) mass is 284 g/mol. The van der Waals surface area contributed by atoms with E-state index in [-0.39, 0.29) is 5.78 Å². The zero-order chi connectivity index (χ0) is 15.2. The Labute approximate surface area is 125 Å². The van der Waals surface area contributed by atoms with Gasteiger partial charge >= 0.3 is 0 Å². The summed E-state index contributed by atoms with van der Waals surface area (Å²) in [5.74, 6) is 1.69. The van der Waals surface area contributed by atoms with Crippen molar-refractivity contribution >= 4 is 5.78 Å². The number of para-hydroxylation sites is 1. The third-order valence-corrected chi connectivity index (χ3v) is 3.38. The van der Waals surface area contributed by atoms with Crippen LogP contribution in [-0.4, -0.2) is 19.5 Å². The average Bonchev–Trinajstić information content (AvgIpc) is 2.50. The number of hydrogen-bond acceptors (Lipinski definition) is 3. The molecule has 2 aromatic rings. The molecule has 0 aliphatic rings. The Morgan fingerprint density at radius 2 is 1.76 bits per heavy atom. The summed E-state index contributed by atoms with van der Waals surface area (Å²) >= 11 is 0. The standard InChI is InChI=1S/C18H20O3/c1-13-12-18(20-3)14(2)11-16(13)17(19)9-10-21-15-7-5-4-6-8-15/h4-8,11-12H,9-10H2,1-3H3. The Hall–Kier alpha value is -2.29. The highest BCUT2D eigenvalue weighted by Crippen LogP contribution is 2.23. The lowest BCUT2D eigenvalue weighted by Crippen LogP contribution is -2.09. The van der Waals surface area contributed by atoms with Gasteiger partial charge in [0.1, 0.15) is 11.5 Å². The number of ether oxygens (including phenoxy) is 2. The molecule has 0 bridgehead atoms. The molecule has 0 radical (unpaired) electrons. The highest BCUT2D eigenvalue weighted by Gasteiger charge is 2.12. The predicted octanol–water partition coefficient (Wildman–Crippen LogP) is 3.96. The van der Waals surface area contributed by atoms with E-state index in [4.69, 9.17) is 9.47 Å². The number of rotatable bonds is 6. The first-order chi connectivity index (χ1) is 10.1. The van der Waals surface area contributed by atoms with Crippen LogP contribution in [0, 0.1) is 13.8 Å². The van der Waals surface area contributed by atoms with Crippen molar-refractivity contribution in [1.29, 1.82) is 0 Å². The second-order valence-electron chi connectivity index (χ2n) is 4.97. The number of benzene rings is 2. The maximum Gasteiger partial charge on any atom is 0.166 e. The van der Waals surface area contributed by atoms with Crippen LogP contribution in [0.2, 0.25) is 0 Å². The third kappa shape index (κ3) is 3.85. The SMILES string of the molecule is COc1cc(C)c(C(=O)CCOc2ccccc2)cc1C. The van der Waals surface area contributed by atoms with Crippen molar-refractivity contribution in [3.05, 3.63) is 59.2 Å². The van der Waals surface area contributed by atoms with Crippen LogP contribution in [0.15, 0.2) is 42.5 Å². The molecule has 21 heavy (non-hydrogen) atoms. The minimum Gasteiger partial charge on any atom is -0.496 e. The van der Waals surface area contributed by atoms with Crippen molar-refractivity contribution < 1.29 is 14.3 Å². The molecule has 0 heterocycles. The van der Waals surface area contributed by atoms with Crippen molar-refractivity contribution in [3.8, 4) is 11.5 Å². The van der Waals surface area contributed by atoms with Crippen molar-refractivity contribution in [2.75, 3.05) is 13.7 Å². The Bertz CT molecular complexity index is 618. The minimum atomic E-state index is 0.0918. The minimum absolute atomic E-state index is 0.0918. The van der Waals surface area contributed by atoms with Gasteiger partial charge in [-0.25, -0.2) is 0 Å². The van der Waals surface area contributed by atoms with Crippen LogP contribution in [-0.2, 0) is 0 Å². The van der Waals surface area contributed by atoms with Gasteiger partial charge in [0, 0.05) is 12.0 Å². The summed E-state index contributed by atoms with van der Waals surface area (Å²) in [4.78, 5) is 12.3. The Morgan fingerprint density at radius 1 is 1.05 bits per heavy atom. The molecule has 0 amide bonds. The number of Topliss-reactive ketones (excluding diaryl/α,β-unsaturated/α-hetero) is 1. The maximum atomic E-state index is 12.3. The zero-order valence-electron chi connectivity index (χ0n) is 12.7. The summed E-state index contributed by atoms with van der Waals surface area (Å²) in [5, 5.41) is 0. The van der Waals surface area contributed by atoms with Crippen molar-refractivity contribution in [2.45, 2.75) is 20.3 Å². The highest BCUT2D eigenvalue weighted by molar-refractivity contribution is 5.97. The van der Waals surface area contributed by atoms with E-state index in [2.05, 4.69) is 0 Å². The fraction of sp³-hybridized carbons (Fsp3) is 0.278. The van der Waals surface area contributed by atoms with Crippen LogP contribution < -0.4 is 9.47 Å². The number of hydrogen-bond donors (Lipinski definition) is 0. The van der Waals surface area contributed by atoms with E-state index in [0.29, 0.717) is 13.0 Å². The van der Waals surface area contributed by atoms with Gasteiger partial charge in [0.15, 0.2) is 5.78 Å². The molecular weight excluding hydrogens is 264 g/mol. The average molecular weight is 284 g/mol. The molecule has 0 fully saturated rings. The smallest absolute Gasteiger partial charge is 0.166 e. The van der Waals surface area contributed by atoms with Crippen LogP contribution in [0.25, 0.3) is 0 Å². The summed E-state index contributed by atoms with van der Waals surface area (Å²) in [6, 6.07) is 13.3. The summed E-state index contributed by atoms with van der Waals surface area (Å²) in [5.41, 5.74) is 2.64. The molecule has 0 aliphatic heterocycles. The second-order valence-corrected chi connectivity index (χ2v) is 4.97. The lowest BCUT2D eigenvalue weighted by Gasteiger charge is -2.11. The number of carbonyl (C=O) groups is 1. The van der Waals surface area contributed by atoms with E-state index in [1.165, 1.54) is 0 Å². The van der Waals surface area contributed by atoms with E-state index in [1.54, 1.807) is 7.11 Å². The van der Waals surface area contributed by atoms with Crippen LogP contribution in [0.5, 0.6) is 11.5 Å². The van der Waals surface area contributed by atoms with Crippen molar-refractivity contribution in [1.82, 2.24) is 0 Å². The van der Waals surface area contributed by atoms with E-state index >= 15 is 0 Å². The molecule has 0 saturated heterocycles. The van der Waals surface area contributed by atoms with Gasteiger partial charge in [-0.3, -0.25) is 4.79 Å². The number of carbonyl (C=O) groups excluding carboxylic acids is 1. The van der Waals surface area contributed by atoms with Crippen molar-refractivity contribution in [3.63, 3.8) is 0 Å². The molecule has 3 heteroatoms. The largest absolute Gasteiger partial charge is 0.496 e. The number of methoxy groups -OCH3 is 1.